The minimum atomic E-state index is -3.89. The van der Waals surface area contributed by atoms with E-state index < -0.39 is 16.2 Å². The minimum Gasteiger partial charge on any atom is -0.398 e. The molecule has 0 aliphatic carbocycles. The second-order valence-corrected chi connectivity index (χ2v) is 6.31. The molecule has 2 aromatic rings. The molecule has 0 bridgehead atoms. The molecule has 0 amide bonds. The zero-order valence-corrected chi connectivity index (χ0v) is 12.4. The number of hydrogen-bond acceptors (Lipinski definition) is 5. The van der Waals surface area contributed by atoms with Crippen LogP contribution in [0.4, 0.5) is 5.69 Å². The second kappa shape index (κ2) is 6.26. The molecule has 3 N–H and O–H groups in total. The summed E-state index contributed by atoms with van der Waals surface area (Å²) in [5.74, 6) is 0. The number of rotatable bonds is 5. The Balaban J connectivity index is 2.08. The lowest BCUT2D eigenvalue weighted by Crippen LogP contribution is -2.14. The van der Waals surface area contributed by atoms with E-state index >= 15 is 0 Å². The Hall–Kier alpha value is -1.89. The van der Waals surface area contributed by atoms with Crippen molar-refractivity contribution in [1.82, 2.24) is 0 Å². The highest BCUT2D eigenvalue weighted by Gasteiger charge is 2.19. The SMILES string of the molecule is Cc1ccc(S(=O)(=O)OCC(O)c2ccccc2N)cc1. The van der Waals surface area contributed by atoms with Crippen molar-refractivity contribution in [2.24, 2.45) is 0 Å². The van der Waals surface area contributed by atoms with Crippen molar-refractivity contribution in [3.63, 3.8) is 0 Å². The van der Waals surface area contributed by atoms with Crippen molar-refractivity contribution < 1.29 is 17.7 Å². The number of aliphatic hydroxyl groups is 1. The molecule has 0 saturated heterocycles. The number of aryl methyl sites for hydroxylation is 1. The molecule has 0 aromatic heterocycles. The normalized spacial score (nSPS) is 13.0. The van der Waals surface area contributed by atoms with Crippen LogP contribution in [-0.4, -0.2) is 20.1 Å². The predicted molar refractivity (Wildman–Crippen MR) is 80.1 cm³/mol. The standard InChI is InChI=1S/C15H17NO4S/c1-11-6-8-12(9-7-11)21(18,19)20-10-15(17)13-4-2-3-5-14(13)16/h2-9,15,17H,10,16H2,1H3. The van der Waals surface area contributed by atoms with Crippen LogP contribution in [0.3, 0.4) is 0 Å². The minimum absolute atomic E-state index is 0.0568. The van der Waals surface area contributed by atoms with Gasteiger partial charge in [0.25, 0.3) is 10.1 Å². The van der Waals surface area contributed by atoms with Crippen LogP contribution in [0, 0.1) is 6.92 Å². The van der Waals surface area contributed by atoms with Gasteiger partial charge < -0.3 is 10.8 Å². The van der Waals surface area contributed by atoms with Gasteiger partial charge in [0, 0.05) is 11.3 Å². The van der Waals surface area contributed by atoms with Gasteiger partial charge in [0.05, 0.1) is 11.5 Å². The summed E-state index contributed by atoms with van der Waals surface area (Å²) in [6, 6.07) is 13.0. The molecular weight excluding hydrogens is 290 g/mol. The van der Waals surface area contributed by atoms with Crippen molar-refractivity contribution in [3.8, 4) is 0 Å². The summed E-state index contributed by atoms with van der Waals surface area (Å²) in [4.78, 5) is 0.0568. The first-order valence-electron chi connectivity index (χ1n) is 6.39. The Morgan fingerprint density at radius 2 is 1.76 bits per heavy atom. The lowest BCUT2D eigenvalue weighted by molar-refractivity contribution is 0.112. The lowest BCUT2D eigenvalue weighted by Gasteiger charge is -2.13. The van der Waals surface area contributed by atoms with Crippen molar-refractivity contribution in [1.29, 1.82) is 0 Å². The van der Waals surface area contributed by atoms with E-state index in [1.807, 2.05) is 6.92 Å². The summed E-state index contributed by atoms with van der Waals surface area (Å²) in [5, 5.41) is 9.99. The van der Waals surface area contributed by atoms with E-state index in [0.717, 1.165) is 5.56 Å². The van der Waals surface area contributed by atoms with Crippen LogP contribution in [0.15, 0.2) is 53.4 Å². The smallest absolute Gasteiger partial charge is 0.297 e. The molecule has 0 fully saturated rings. The van der Waals surface area contributed by atoms with E-state index in [4.69, 9.17) is 9.92 Å². The topological polar surface area (TPSA) is 89.6 Å². The maximum absolute atomic E-state index is 12.0. The van der Waals surface area contributed by atoms with E-state index in [2.05, 4.69) is 0 Å². The fourth-order valence-corrected chi connectivity index (χ4v) is 2.74. The van der Waals surface area contributed by atoms with Crippen LogP contribution < -0.4 is 5.73 Å². The van der Waals surface area contributed by atoms with Crippen LogP contribution in [0.1, 0.15) is 17.2 Å². The van der Waals surface area contributed by atoms with Gasteiger partial charge in [-0.3, -0.25) is 4.18 Å². The van der Waals surface area contributed by atoms with Gasteiger partial charge in [-0.25, -0.2) is 0 Å². The third-order valence-electron chi connectivity index (χ3n) is 3.05. The van der Waals surface area contributed by atoms with Gasteiger partial charge in [0.15, 0.2) is 0 Å². The molecule has 2 rings (SSSR count). The maximum Gasteiger partial charge on any atom is 0.297 e. The molecule has 6 heteroatoms. The fourth-order valence-electron chi connectivity index (χ4n) is 1.83. The summed E-state index contributed by atoms with van der Waals surface area (Å²) < 4.78 is 28.9. The van der Waals surface area contributed by atoms with E-state index in [9.17, 15) is 13.5 Å². The van der Waals surface area contributed by atoms with Crippen LogP contribution in [0.25, 0.3) is 0 Å². The Labute approximate surface area is 124 Å². The first-order valence-corrected chi connectivity index (χ1v) is 7.79. The number of hydrogen-bond donors (Lipinski definition) is 2. The molecular formula is C15H17NO4S. The van der Waals surface area contributed by atoms with Gasteiger partial charge >= 0.3 is 0 Å². The third kappa shape index (κ3) is 3.81. The van der Waals surface area contributed by atoms with Crippen LogP contribution in [0.2, 0.25) is 0 Å². The van der Waals surface area contributed by atoms with E-state index in [-0.39, 0.29) is 11.5 Å². The Bertz CT molecular complexity index is 711. The molecule has 21 heavy (non-hydrogen) atoms. The predicted octanol–water partition coefficient (Wildman–Crippen LogP) is 2.02. The molecule has 112 valence electrons. The van der Waals surface area contributed by atoms with Crippen molar-refractivity contribution >= 4 is 15.8 Å². The highest BCUT2D eigenvalue weighted by Crippen LogP contribution is 2.22. The number of nitrogen functional groups attached to an aromatic ring is 1. The largest absolute Gasteiger partial charge is 0.398 e. The summed E-state index contributed by atoms with van der Waals surface area (Å²) >= 11 is 0. The Kier molecular flexibility index (Phi) is 4.62. The Morgan fingerprint density at radius 1 is 1.14 bits per heavy atom. The first-order chi connectivity index (χ1) is 9.90. The van der Waals surface area contributed by atoms with Gasteiger partial charge in [-0.1, -0.05) is 35.9 Å². The summed E-state index contributed by atoms with van der Waals surface area (Å²) in [6.07, 6.45) is -1.11. The molecule has 0 spiro atoms. The van der Waals surface area contributed by atoms with E-state index in [1.165, 1.54) is 12.1 Å². The zero-order chi connectivity index (χ0) is 15.5. The average molecular weight is 307 g/mol. The van der Waals surface area contributed by atoms with Gasteiger partial charge in [-0.2, -0.15) is 8.42 Å². The monoisotopic (exact) mass is 307 g/mol. The number of para-hydroxylation sites is 1. The molecule has 1 atom stereocenters. The third-order valence-corrected chi connectivity index (χ3v) is 4.34. The van der Waals surface area contributed by atoms with Crippen LogP contribution >= 0.6 is 0 Å². The highest BCUT2D eigenvalue weighted by molar-refractivity contribution is 7.86. The summed E-state index contributed by atoms with van der Waals surface area (Å²) in [6.45, 7) is 1.48. The summed E-state index contributed by atoms with van der Waals surface area (Å²) in [7, 11) is -3.89. The van der Waals surface area contributed by atoms with Crippen molar-refractivity contribution in [2.75, 3.05) is 12.3 Å². The molecule has 0 heterocycles. The lowest BCUT2D eigenvalue weighted by atomic mass is 10.1. The molecule has 1 unspecified atom stereocenters. The molecule has 5 nitrogen and oxygen atoms in total. The quantitative estimate of drug-likeness (QED) is 0.651. The number of anilines is 1. The number of aliphatic hydroxyl groups excluding tert-OH is 1. The zero-order valence-electron chi connectivity index (χ0n) is 11.6. The van der Waals surface area contributed by atoms with Gasteiger partial charge in [-0.05, 0) is 25.1 Å². The first kappa shape index (κ1) is 15.5. The van der Waals surface area contributed by atoms with E-state index in [1.54, 1.807) is 36.4 Å². The van der Waals surface area contributed by atoms with Gasteiger partial charge in [-0.15, -0.1) is 0 Å². The second-order valence-electron chi connectivity index (χ2n) is 4.70. The fraction of sp³-hybridized carbons (Fsp3) is 0.200. The average Bonchev–Trinajstić information content (AvgIpc) is 2.46. The summed E-state index contributed by atoms with van der Waals surface area (Å²) in [5.41, 5.74) is 7.51. The molecule has 2 aromatic carbocycles. The van der Waals surface area contributed by atoms with Crippen molar-refractivity contribution in [2.45, 2.75) is 17.9 Å². The van der Waals surface area contributed by atoms with Gasteiger partial charge in [0.1, 0.15) is 6.10 Å². The molecule has 0 aliphatic heterocycles. The van der Waals surface area contributed by atoms with Gasteiger partial charge in [0.2, 0.25) is 0 Å². The highest BCUT2D eigenvalue weighted by atomic mass is 32.2. The number of benzene rings is 2. The molecule has 0 radical (unpaired) electrons. The molecule has 0 aliphatic rings. The van der Waals surface area contributed by atoms with E-state index in [0.29, 0.717) is 11.3 Å². The Morgan fingerprint density at radius 3 is 2.38 bits per heavy atom. The number of nitrogens with two attached hydrogens (primary N) is 1. The van der Waals surface area contributed by atoms with Crippen LogP contribution in [-0.2, 0) is 14.3 Å². The maximum atomic E-state index is 12.0. The van der Waals surface area contributed by atoms with Crippen LogP contribution in [0.5, 0.6) is 0 Å². The van der Waals surface area contributed by atoms with Crippen molar-refractivity contribution in [3.05, 3.63) is 59.7 Å². The molecule has 0 saturated carbocycles.